The van der Waals surface area contributed by atoms with Crippen LogP contribution in [-0.2, 0) is 12.0 Å². The molecule has 2 heteroatoms. The summed E-state index contributed by atoms with van der Waals surface area (Å²) >= 11 is 0. The molecule has 0 atom stereocenters. The summed E-state index contributed by atoms with van der Waals surface area (Å²) in [6, 6.07) is 9.07. The minimum atomic E-state index is 0.248. The highest BCUT2D eigenvalue weighted by molar-refractivity contribution is 5.28. The zero-order valence-electron chi connectivity index (χ0n) is 12.2. The molecule has 1 aliphatic heterocycles. The van der Waals surface area contributed by atoms with E-state index >= 15 is 0 Å². The number of hydrogen-bond acceptors (Lipinski definition) is 2. The fourth-order valence-corrected chi connectivity index (χ4v) is 2.40. The van der Waals surface area contributed by atoms with Crippen LogP contribution in [0.25, 0.3) is 0 Å². The van der Waals surface area contributed by atoms with E-state index in [-0.39, 0.29) is 5.41 Å². The molecule has 0 spiro atoms. The summed E-state index contributed by atoms with van der Waals surface area (Å²) in [6.07, 6.45) is 0. The van der Waals surface area contributed by atoms with Gasteiger partial charge in [-0.25, -0.2) is 0 Å². The van der Waals surface area contributed by atoms with Gasteiger partial charge in [-0.05, 0) is 23.6 Å². The summed E-state index contributed by atoms with van der Waals surface area (Å²) < 4.78 is 0. The van der Waals surface area contributed by atoms with Crippen molar-refractivity contribution in [1.82, 2.24) is 9.80 Å². The molecule has 0 aliphatic carbocycles. The van der Waals surface area contributed by atoms with Gasteiger partial charge >= 0.3 is 0 Å². The molecule has 2 nitrogen and oxygen atoms in total. The Bertz CT molecular complexity index is 384. The third-order valence-electron chi connectivity index (χ3n) is 3.80. The van der Waals surface area contributed by atoms with Crippen LogP contribution in [-0.4, -0.2) is 43.0 Å². The van der Waals surface area contributed by atoms with Crippen molar-refractivity contribution in [3.8, 4) is 0 Å². The maximum absolute atomic E-state index is 2.56. The summed E-state index contributed by atoms with van der Waals surface area (Å²) in [5, 5.41) is 0. The molecule has 1 aromatic carbocycles. The minimum absolute atomic E-state index is 0.248. The Balaban J connectivity index is 2.01. The standard InChI is InChI=1S/C16H26N2/c1-16(2,3)15-7-5-6-14(12-15)13-18-10-8-17(4)9-11-18/h5-7,12H,8-11,13H2,1-4H3. The molecule has 0 N–H and O–H groups in total. The predicted octanol–water partition coefficient (Wildman–Crippen LogP) is 2.73. The highest BCUT2D eigenvalue weighted by Crippen LogP contribution is 2.23. The van der Waals surface area contributed by atoms with Gasteiger partial charge in [-0.2, -0.15) is 0 Å². The molecular weight excluding hydrogens is 220 g/mol. The van der Waals surface area contributed by atoms with Crippen molar-refractivity contribution in [3.63, 3.8) is 0 Å². The van der Waals surface area contributed by atoms with Crippen LogP contribution in [0.5, 0.6) is 0 Å². The molecule has 0 unspecified atom stereocenters. The van der Waals surface area contributed by atoms with E-state index in [0.29, 0.717) is 0 Å². The maximum atomic E-state index is 2.56. The van der Waals surface area contributed by atoms with E-state index in [2.05, 4.69) is 61.9 Å². The molecule has 0 aromatic heterocycles. The molecule has 0 radical (unpaired) electrons. The van der Waals surface area contributed by atoms with E-state index in [1.165, 1.54) is 37.3 Å². The molecule has 1 heterocycles. The summed E-state index contributed by atoms with van der Waals surface area (Å²) in [4.78, 5) is 4.96. The molecule has 1 fully saturated rings. The lowest BCUT2D eigenvalue weighted by Gasteiger charge is -2.32. The molecule has 0 saturated carbocycles. The van der Waals surface area contributed by atoms with Crippen LogP contribution in [0, 0.1) is 0 Å². The van der Waals surface area contributed by atoms with E-state index < -0.39 is 0 Å². The summed E-state index contributed by atoms with van der Waals surface area (Å²) in [7, 11) is 2.21. The van der Waals surface area contributed by atoms with E-state index in [4.69, 9.17) is 0 Å². The van der Waals surface area contributed by atoms with Gasteiger partial charge in [0.05, 0.1) is 0 Å². The van der Waals surface area contributed by atoms with Gasteiger partial charge in [-0.3, -0.25) is 4.90 Å². The smallest absolute Gasteiger partial charge is 0.0234 e. The largest absolute Gasteiger partial charge is 0.304 e. The second-order valence-electron chi connectivity index (χ2n) is 6.53. The number of hydrogen-bond donors (Lipinski definition) is 0. The normalized spacial score (nSPS) is 19.1. The van der Waals surface area contributed by atoms with Gasteiger partial charge in [-0.1, -0.05) is 45.0 Å². The Morgan fingerprint density at radius 2 is 1.72 bits per heavy atom. The third kappa shape index (κ3) is 3.56. The van der Waals surface area contributed by atoms with Gasteiger partial charge in [0, 0.05) is 32.7 Å². The molecule has 18 heavy (non-hydrogen) atoms. The molecule has 0 bridgehead atoms. The van der Waals surface area contributed by atoms with Gasteiger partial charge in [0.1, 0.15) is 0 Å². The highest BCUT2D eigenvalue weighted by atomic mass is 15.2. The van der Waals surface area contributed by atoms with Crippen molar-refractivity contribution < 1.29 is 0 Å². The zero-order valence-corrected chi connectivity index (χ0v) is 12.2. The van der Waals surface area contributed by atoms with Crippen LogP contribution in [0.2, 0.25) is 0 Å². The fraction of sp³-hybridized carbons (Fsp3) is 0.625. The third-order valence-corrected chi connectivity index (χ3v) is 3.80. The Hall–Kier alpha value is -0.860. The molecule has 1 aromatic rings. The summed E-state index contributed by atoms with van der Waals surface area (Å²) in [6.45, 7) is 12.7. The lowest BCUT2D eigenvalue weighted by Crippen LogP contribution is -2.43. The average molecular weight is 246 g/mol. The van der Waals surface area contributed by atoms with Crippen LogP contribution in [0.15, 0.2) is 24.3 Å². The molecule has 2 rings (SSSR count). The second kappa shape index (κ2) is 5.41. The first kappa shape index (κ1) is 13.6. The molecular formula is C16H26N2. The molecule has 100 valence electrons. The van der Waals surface area contributed by atoms with Crippen LogP contribution in [0.4, 0.5) is 0 Å². The van der Waals surface area contributed by atoms with Crippen molar-refractivity contribution in [3.05, 3.63) is 35.4 Å². The Labute approximate surface area is 112 Å². The van der Waals surface area contributed by atoms with Crippen molar-refractivity contribution in [2.75, 3.05) is 33.2 Å². The van der Waals surface area contributed by atoms with E-state index in [1.807, 2.05) is 0 Å². The van der Waals surface area contributed by atoms with E-state index in [1.54, 1.807) is 0 Å². The number of benzene rings is 1. The quantitative estimate of drug-likeness (QED) is 0.791. The van der Waals surface area contributed by atoms with Crippen molar-refractivity contribution in [2.45, 2.75) is 32.7 Å². The number of likely N-dealkylation sites (N-methyl/N-ethyl adjacent to an activating group) is 1. The maximum Gasteiger partial charge on any atom is 0.0234 e. The van der Waals surface area contributed by atoms with Crippen LogP contribution >= 0.6 is 0 Å². The monoisotopic (exact) mass is 246 g/mol. The predicted molar refractivity (Wildman–Crippen MR) is 77.9 cm³/mol. The van der Waals surface area contributed by atoms with Crippen LogP contribution < -0.4 is 0 Å². The van der Waals surface area contributed by atoms with Gasteiger partial charge in [-0.15, -0.1) is 0 Å². The SMILES string of the molecule is CN1CCN(Cc2cccc(C(C)(C)C)c2)CC1. The van der Waals surface area contributed by atoms with Gasteiger partial charge in [0.2, 0.25) is 0 Å². The average Bonchev–Trinajstić information content (AvgIpc) is 2.31. The molecule has 1 saturated heterocycles. The van der Waals surface area contributed by atoms with E-state index in [9.17, 15) is 0 Å². The number of nitrogens with zero attached hydrogens (tertiary/aromatic N) is 2. The summed E-state index contributed by atoms with van der Waals surface area (Å²) in [5.74, 6) is 0. The first-order valence-corrected chi connectivity index (χ1v) is 6.95. The Morgan fingerprint density at radius 3 is 2.33 bits per heavy atom. The topological polar surface area (TPSA) is 6.48 Å². The minimum Gasteiger partial charge on any atom is -0.304 e. The molecule has 1 aliphatic rings. The van der Waals surface area contributed by atoms with Crippen LogP contribution in [0.3, 0.4) is 0 Å². The second-order valence-corrected chi connectivity index (χ2v) is 6.53. The highest BCUT2D eigenvalue weighted by Gasteiger charge is 2.16. The lowest BCUT2D eigenvalue weighted by molar-refractivity contribution is 0.148. The summed E-state index contributed by atoms with van der Waals surface area (Å²) in [5.41, 5.74) is 3.14. The van der Waals surface area contributed by atoms with Gasteiger partial charge in [0.25, 0.3) is 0 Å². The van der Waals surface area contributed by atoms with Gasteiger partial charge < -0.3 is 4.90 Å². The zero-order chi connectivity index (χ0) is 13.2. The van der Waals surface area contributed by atoms with Crippen molar-refractivity contribution in [2.24, 2.45) is 0 Å². The first-order valence-electron chi connectivity index (χ1n) is 6.95. The van der Waals surface area contributed by atoms with Crippen molar-refractivity contribution >= 4 is 0 Å². The van der Waals surface area contributed by atoms with Crippen LogP contribution in [0.1, 0.15) is 31.9 Å². The lowest BCUT2D eigenvalue weighted by atomic mass is 9.86. The Morgan fingerprint density at radius 1 is 1.06 bits per heavy atom. The fourth-order valence-electron chi connectivity index (χ4n) is 2.40. The number of piperazine rings is 1. The first-order chi connectivity index (χ1) is 8.45. The van der Waals surface area contributed by atoms with Gasteiger partial charge in [0.15, 0.2) is 0 Å². The Kier molecular flexibility index (Phi) is 4.08. The van der Waals surface area contributed by atoms with Crippen molar-refractivity contribution in [1.29, 1.82) is 0 Å². The molecule has 0 amide bonds. The number of rotatable bonds is 2. The van der Waals surface area contributed by atoms with E-state index in [0.717, 1.165) is 6.54 Å².